The van der Waals surface area contributed by atoms with Crippen LogP contribution >= 0.6 is 0 Å². The van der Waals surface area contributed by atoms with Gasteiger partial charge in [0.05, 0.1) is 6.26 Å². The lowest BCUT2D eigenvalue weighted by molar-refractivity contribution is -0.305. The van der Waals surface area contributed by atoms with Crippen LogP contribution in [-0.2, 0) is 14.4 Å². The number of carbonyl (C=O) groups excluding carboxylic acids is 3. The van der Waals surface area contributed by atoms with E-state index in [-0.39, 0.29) is 18.7 Å². The van der Waals surface area contributed by atoms with Crippen LogP contribution in [0, 0.1) is 0 Å². The van der Waals surface area contributed by atoms with Crippen LogP contribution in [0.2, 0.25) is 0 Å². The molecule has 0 saturated heterocycles. The van der Waals surface area contributed by atoms with Crippen molar-refractivity contribution in [2.45, 2.75) is 6.42 Å². The predicted molar refractivity (Wildman–Crippen MR) is 92.9 cm³/mol. The van der Waals surface area contributed by atoms with Crippen molar-refractivity contribution in [2.75, 3.05) is 6.54 Å². The summed E-state index contributed by atoms with van der Waals surface area (Å²) in [7, 11) is 0. The van der Waals surface area contributed by atoms with E-state index in [2.05, 4.69) is 10.6 Å². The number of amides is 2. The molecule has 26 heavy (non-hydrogen) atoms. The monoisotopic (exact) mass is 353 g/mol. The normalized spacial score (nSPS) is 11.3. The molecule has 0 aliphatic rings. The van der Waals surface area contributed by atoms with Crippen molar-refractivity contribution in [2.24, 2.45) is 0 Å². The highest BCUT2D eigenvalue weighted by Crippen LogP contribution is 2.07. The van der Waals surface area contributed by atoms with E-state index < -0.39 is 17.8 Å². The molecule has 0 unspecified atom stereocenters. The third-order valence-electron chi connectivity index (χ3n) is 3.17. The average Bonchev–Trinajstić information content (AvgIpc) is 3.13. The van der Waals surface area contributed by atoms with Gasteiger partial charge >= 0.3 is 0 Å². The van der Waals surface area contributed by atoms with Gasteiger partial charge < -0.3 is 25.0 Å². The summed E-state index contributed by atoms with van der Waals surface area (Å²) in [5.74, 6) is -2.06. The van der Waals surface area contributed by atoms with E-state index in [1.165, 1.54) is 18.4 Å². The van der Waals surface area contributed by atoms with Gasteiger partial charge in [0.15, 0.2) is 0 Å². The van der Waals surface area contributed by atoms with Gasteiger partial charge in [0.25, 0.3) is 5.91 Å². The molecule has 134 valence electrons. The minimum atomic E-state index is -1.28. The largest absolute Gasteiger partial charge is 0.550 e. The fourth-order valence-electron chi connectivity index (χ4n) is 1.96. The van der Waals surface area contributed by atoms with Crippen molar-refractivity contribution < 1.29 is 23.9 Å². The number of nitrogens with one attached hydrogen (secondary N) is 2. The van der Waals surface area contributed by atoms with Gasteiger partial charge in [-0.25, -0.2) is 0 Å². The molecule has 0 aliphatic heterocycles. The first-order valence-electron chi connectivity index (χ1n) is 7.82. The highest BCUT2D eigenvalue weighted by molar-refractivity contribution is 6.04. The zero-order valence-corrected chi connectivity index (χ0v) is 13.8. The zero-order chi connectivity index (χ0) is 18.8. The molecular weight excluding hydrogens is 336 g/mol. The van der Waals surface area contributed by atoms with Crippen LogP contribution in [0.15, 0.2) is 64.9 Å². The Bertz CT molecular complexity index is 808. The molecule has 0 spiro atoms. The molecule has 1 aromatic carbocycles. The minimum absolute atomic E-state index is 0.0685. The second-order valence-electron chi connectivity index (χ2n) is 5.18. The van der Waals surface area contributed by atoms with Gasteiger partial charge in [-0.3, -0.25) is 9.59 Å². The number of carbonyl (C=O) groups is 3. The van der Waals surface area contributed by atoms with E-state index >= 15 is 0 Å². The maximum Gasteiger partial charge on any atom is 0.267 e. The molecule has 1 aromatic heterocycles. The first-order chi connectivity index (χ1) is 12.5. The first-order valence-corrected chi connectivity index (χ1v) is 7.82. The third kappa shape index (κ3) is 6.48. The summed E-state index contributed by atoms with van der Waals surface area (Å²) < 4.78 is 5.14. The molecule has 0 fully saturated rings. The number of aliphatic carboxylic acids is 1. The van der Waals surface area contributed by atoms with E-state index in [1.54, 1.807) is 18.2 Å². The lowest BCUT2D eigenvalue weighted by atomic mass is 10.2. The van der Waals surface area contributed by atoms with Crippen molar-refractivity contribution >= 4 is 29.9 Å². The van der Waals surface area contributed by atoms with Crippen molar-refractivity contribution in [1.29, 1.82) is 0 Å². The van der Waals surface area contributed by atoms with Gasteiger partial charge in [-0.1, -0.05) is 30.3 Å². The number of hydrogen-bond donors (Lipinski definition) is 2. The smallest absolute Gasteiger partial charge is 0.267 e. The fraction of sp³-hybridized carbons (Fsp3) is 0.105. The number of benzene rings is 1. The van der Waals surface area contributed by atoms with Gasteiger partial charge in [-0.15, -0.1) is 0 Å². The maximum atomic E-state index is 12.2. The SMILES string of the molecule is O=C([O-])CCNC(=O)/C(=C\c1ccco1)NC(=O)/C=C/c1ccccc1. The Morgan fingerprint density at radius 2 is 1.85 bits per heavy atom. The minimum Gasteiger partial charge on any atom is -0.550 e. The zero-order valence-electron chi connectivity index (χ0n) is 13.8. The fourth-order valence-corrected chi connectivity index (χ4v) is 1.96. The molecule has 0 saturated carbocycles. The van der Waals surface area contributed by atoms with Crippen molar-refractivity contribution in [3.63, 3.8) is 0 Å². The van der Waals surface area contributed by atoms with Gasteiger partial charge in [0, 0.05) is 31.1 Å². The molecule has 2 aromatic rings. The van der Waals surface area contributed by atoms with Gasteiger partial charge in [0.1, 0.15) is 11.5 Å². The average molecular weight is 353 g/mol. The topological polar surface area (TPSA) is 111 Å². The van der Waals surface area contributed by atoms with Crippen LogP contribution in [-0.4, -0.2) is 24.3 Å². The molecule has 0 bridgehead atoms. The second-order valence-corrected chi connectivity index (χ2v) is 5.18. The summed E-state index contributed by atoms with van der Waals surface area (Å²) in [6, 6.07) is 12.4. The van der Waals surface area contributed by atoms with Gasteiger partial charge in [-0.2, -0.15) is 0 Å². The third-order valence-corrected chi connectivity index (χ3v) is 3.17. The van der Waals surface area contributed by atoms with Crippen LogP contribution in [0.25, 0.3) is 12.2 Å². The molecule has 7 heteroatoms. The number of carboxylic acids is 1. The van der Waals surface area contributed by atoms with Crippen molar-refractivity contribution in [1.82, 2.24) is 10.6 Å². The molecule has 0 atom stereocenters. The van der Waals surface area contributed by atoms with Crippen molar-refractivity contribution in [3.05, 3.63) is 71.8 Å². The number of furan rings is 1. The van der Waals surface area contributed by atoms with Gasteiger partial charge in [-0.05, 0) is 23.8 Å². The van der Waals surface area contributed by atoms with Crippen LogP contribution in [0.4, 0.5) is 0 Å². The van der Waals surface area contributed by atoms with Crippen LogP contribution in [0.1, 0.15) is 17.7 Å². The molecule has 2 rings (SSSR count). The Hall–Kier alpha value is -3.61. The molecule has 0 radical (unpaired) electrons. The molecule has 1 heterocycles. The lowest BCUT2D eigenvalue weighted by Crippen LogP contribution is -2.36. The molecule has 0 aliphatic carbocycles. The number of hydrogen-bond acceptors (Lipinski definition) is 5. The standard InChI is InChI=1S/C19H18N2O5/c22-17(9-8-14-5-2-1-3-6-14)21-16(13-15-7-4-12-26-15)19(25)20-11-10-18(23)24/h1-9,12-13H,10-11H2,(H,20,25)(H,21,22)(H,23,24)/p-1/b9-8+,16-13+. The Morgan fingerprint density at radius 3 is 2.50 bits per heavy atom. The maximum absolute atomic E-state index is 12.2. The summed E-state index contributed by atoms with van der Waals surface area (Å²) in [6.07, 6.45) is 5.34. The highest BCUT2D eigenvalue weighted by Gasteiger charge is 2.12. The van der Waals surface area contributed by atoms with Crippen LogP contribution in [0.3, 0.4) is 0 Å². The van der Waals surface area contributed by atoms with E-state index in [0.717, 1.165) is 5.56 Å². The highest BCUT2D eigenvalue weighted by atomic mass is 16.4. The molecule has 7 nitrogen and oxygen atoms in total. The second kappa shape index (κ2) is 9.63. The molecule has 2 N–H and O–H groups in total. The quantitative estimate of drug-likeness (QED) is 0.679. The summed E-state index contributed by atoms with van der Waals surface area (Å²) in [5, 5.41) is 15.3. The number of rotatable bonds is 8. The predicted octanol–water partition coefficient (Wildman–Crippen LogP) is 0.706. The summed E-state index contributed by atoms with van der Waals surface area (Å²) in [5.41, 5.74) is 0.763. The summed E-state index contributed by atoms with van der Waals surface area (Å²) in [4.78, 5) is 34.7. The van der Waals surface area contributed by atoms with Crippen molar-refractivity contribution in [3.8, 4) is 0 Å². The van der Waals surface area contributed by atoms with Gasteiger partial charge in [0.2, 0.25) is 5.91 Å². The molecular formula is C19H17N2O5-. The molecule has 2 amide bonds. The van der Waals surface area contributed by atoms with E-state index in [4.69, 9.17) is 4.42 Å². The van der Waals surface area contributed by atoms with Crippen LogP contribution in [0.5, 0.6) is 0 Å². The Balaban J connectivity index is 2.06. The lowest BCUT2D eigenvalue weighted by Gasteiger charge is -2.09. The Morgan fingerprint density at radius 1 is 1.08 bits per heavy atom. The Labute approximate surface area is 150 Å². The summed E-state index contributed by atoms with van der Waals surface area (Å²) >= 11 is 0. The van der Waals surface area contributed by atoms with E-state index in [9.17, 15) is 19.5 Å². The first kappa shape index (κ1) is 18.7. The van der Waals surface area contributed by atoms with Crippen LogP contribution < -0.4 is 15.7 Å². The number of carboxylic acid groups (broad SMARTS) is 1. The Kier molecular flexibility index (Phi) is 6.93. The van der Waals surface area contributed by atoms with E-state index in [1.807, 2.05) is 30.3 Å². The summed E-state index contributed by atoms with van der Waals surface area (Å²) in [6.45, 7) is -0.119. The van der Waals surface area contributed by atoms with E-state index in [0.29, 0.717) is 5.76 Å².